The average Bonchev–Trinajstić information content (AvgIpc) is 2.62. The fourth-order valence-electron chi connectivity index (χ4n) is 1.95. The molecule has 8 nitrogen and oxygen atoms in total. The molecule has 0 aliphatic carbocycles. The number of nitrogens with zero attached hydrogens (tertiary/aromatic N) is 2. The third-order valence-electron chi connectivity index (χ3n) is 3.11. The van der Waals surface area contributed by atoms with Crippen LogP contribution < -0.4 is 5.43 Å². The van der Waals surface area contributed by atoms with Crippen LogP contribution in [0.2, 0.25) is 0 Å². The molecule has 0 unspecified atom stereocenters. The van der Waals surface area contributed by atoms with E-state index in [-0.39, 0.29) is 23.6 Å². The van der Waals surface area contributed by atoms with Crippen LogP contribution in [-0.2, 0) is 0 Å². The summed E-state index contributed by atoms with van der Waals surface area (Å²) in [7, 11) is 0. The van der Waals surface area contributed by atoms with Gasteiger partial charge < -0.3 is 10.2 Å². The van der Waals surface area contributed by atoms with Crippen LogP contribution in [0.15, 0.2) is 50.9 Å². The number of rotatable bonds is 7. The van der Waals surface area contributed by atoms with Gasteiger partial charge in [0.15, 0.2) is 0 Å². The molecule has 0 atom stereocenters. The van der Waals surface area contributed by atoms with Crippen LogP contribution in [0.5, 0.6) is 5.75 Å². The minimum Gasteiger partial charge on any atom is -0.507 e. The standard InChI is InChI=1S/C16H14BrN3O5S/c17-11-2-3-14(22)12(8-11)16(23)19-18-9-10-1-4-15(26-6-5-21)13(7-10)20(24)25/h1-4,7-9,21-22H,5-6H2,(H,19,23)/b18-9-. The number of hydrazone groups is 1. The summed E-state index contributed by atoms with van der Waals surface area (Å²) in [5.74, 6) is -0.466. The fraction of sp³-hybridized carbons (Fsp3) is 0.125. The normalized spacial score (nSPS) is 10.8. The Morgan fingerprint density at radius 3 is 2.81 bits per heavy atom. The highest BCUT2D eigenvalue weighted by atomic mass is 79.9. The Kier molecular flexibility index (Phi) is 7.13. The predicted octanol–water partition coefficient (Wildman–Crippen LogP) is 2.91. The molecule has 0 saturated heterocycles. The van der Waals surface area contributed by atoms with Crippen LogP contribution in [0.3, 0.4) is 0 Å². The number of halogens is 1. The van der Waals surface area contributed by atoms with Crippen molar-refractivity contribution >= 4 is 45.5 Å². The van der Waals surface area contributed by atoms with Crippen LogP contribution in [0.1, 0.15) is 15.9 Å². The lowest BCUT2D eigenvalue weighted by Gasteiger charge is -2.04. The van der Waals surface area contributed by atoms with Crippen molar-refractivity contribution in [2.24, 2.45) is 5.10 Å². The summed E-state index contributed by atoms with van der Waals surface area (Å²) in [5.41, 5.74) is 2.61. The molecule has 26 heavy (non-hydrogen) atoms. The maximum Gasteiger partial charge on any atom is 0.283 e. The van der Waals surface area contributed by atoms with Crippen molar-refractivity contribution in [2.45, 2.75) is 4.90 Å². The molecule has 0 radical (unpaired) electrons. The maximum atomic E-state index is 12.0. The first kappa shape index (κ1) is 19.9. The summed E-state index contributed by atoms with van der Waals surface area (Å²) < 4.78 is 0.621. The number of nitro groups is 1. The van der Waals surface area contributed by atoms with Gasteiger partial charge in [-0.25, -0.2) is 5.43 Å². The summed E-state index contributed by atoms with van der Waals surface area (Å²) in [6.45, 7) is -0.0838. The van der Waals surface area contributed by atoms with Gasteiger partial charge in [-0.05, 0) is 24.3 Å². The Hall–Kier alpha value is -2.43. The third-order valence-corrected chi connectivity index (χ3v) is 4.65. The molecule has 10 heteroatoms. The number of aliphatic hydroxyl groups excluding tert-OH is 1. The van der Waals surface area contributed by atoms with Gasteiger partial charge >= 0.3 is 0 Å². The number of carbonyl (C=O) groups excluding carboxylic acids is 1. The lowest BCUT2D eigenvalue weighted by molar-refractivity contribution is -0.387. The number of nitro benzene ring substituents is 1. The van der Waals surface area contributed by atoms with Crippen molar-refractivity contribution in [3.63, 3.8) is 0 Å². The second kappa shape index (κ2) is 9.32. The molecule has 0 spiro atoms. The SMILES string of the molecule is O=C(N/N=C\c1ccc(SCCO)c([N+](=O)[O-])c1)c1cc(Br)ccc1O. The number of phenolic OH excluding ortho intramolecular Hbond substituents is 1. The van der Waals surface area contributed by atoms with Crippen LogP contribution in [0, 0.1) is 10.1 Å². The first-order valence-corrected chi connectivity index (χ1v) is 9.04. The minimum atomic E-state index is -0.621. The molecule has 136 valence electrons. The average molecular weight is 440 g/mol. The van der Waals surface area contributed by atoms with Gasteiger partial charge in [-0.2, -0.15) is 5.10 Å². The van der Waals surface area contributed by atoms with Gasteiger partial charge in [-0.3, -0.25) is 14.9 Å². The van der Waals surface area contributed by atoms with Gasteiger partial charge in [0, 0.05) is 21.9 Å². The molecule has 0 aliphatic rings. The molecule has 3 N–H and O–H groups in total. The van der Waals surface area contributed by atoms with E-state index in [0.29, 0.717) is 20.7 Å². The van der Waals surface area contributed by atoms with E-state index in [1.54, 1.807) is 18.2 Å². The Morgan fingerprint density at radius 1 is 1.35 bits per heavy atom. The van der Waals surface area contributed by atoms with E-state index < -0.39 is 10.8 Å². The summed E-state index contributed by atoms with van der Waals surface area (Å²) in [4.78, 5) is 23.1. The molecule has 0 aliphatic heterocycles. The maximum absolute atomic E-state index is 12.0. The molecular formula is C16H14BrN3O5S. The molecule has 2 aromatic carbocycles. The van der Waals surface area contributed by atoms with Gasteiger partial charge in [-0.1, -0.05) is 22.0 Å². The predicted molar refractivity (Wildman–Crippen MR) is 102 cm³/mol. The highest BCUT2D eigenvalue weighted by molar-refractivity contribution is 9.10. The zero-order valence-corrected chi connectivity index (χ0v) is 15.7. The minimum absolute atomic E-state index is 0.0401. The van der Waals surface area contributed by atoms with Crippen LogP contribution in [0.25, 0.3) is 0 Å². The zero-order chi connectivity index (χ0) is 19.1. The number of aromatic hydroxyl groups is 1. The Bertz CT molecular complexity index is 860. The highest BCUT2D eigenvalue weighted by Gasteiger charge is 2.15. The number of carbonyl (C=O) groups is 1. The van der Waals surface area contributed by atoms with Crippen molar-refractivity contribution in [1.29, 1.82) is 0 Å². The summed E-state index contributed by atoms with van der Waals surface area (Å²) in [6, 6.07) is 8.89. The van der Waals surface area contributed by atoms with Gasteiger partial charge in [0.05, 0.1) is 28.2 Å². The molecule has 0 saturated carbocycles. The summed E-state index contributed by atoms with van der Waals surface area (Å²) in [6.07, 6.45) is 1.26. The number of hydrogen-bond donors (Lipinski definition) is 3. The molecular weight excluding hydrogens is 426 g/mol. The van der Waals surface area contributed by atoms with Crippen LogP contribution in [-0.4, -0.2) is 39.6 Å². The van der Waals surface area contributed by atoms with Gasteiger partial charge in [0.1, 0.15) is 5.75 Å². The molecule has 0 fully saturated rings. The Balaban J connectivity index is 2.12. The number of aliphatic hydroxyl groups is 1. The van der Waals surface area contributed by atoms with Gasteiger partial charge in [0.2, 0.25) is 0 Å². The first-order valence-electron chi connectivity index (χ1n) is 7.26. The third kappa shape index (κ3) is 5.28. The van der Waals surface area contributed by atoms with E-state index in [2.05, 4.69) is 26.5 Å². The van der Waals surface area contributed by atoms with Gasteiger partial charge in [-0.15, -0.1) is 11.8 Å². The van der Waals surface area contributed by atoms with E-state index in [0.717, 1.165) is 0 Å². The van der Waals surface area contributed by atoms with E-state index in [1.807, 2.05) is 0 Å². The van der Waals surface area contributed by atoms with E-state index >= 15 is 0 Å². The lowest BCUT2D eigenvalue weighted by atomic mass is 10.2. The van der Waals surface area contributed by atoms with Crippen molar-refractivity contribution in [3.8, 4) is 5.75 Å². The Labute approximate surface area is 161 Å². The van der Waals surface area contributed by atoms with Crippen molar-refractivity contribution in [1.82, 2.24) is 5.43 Å². The number of thioether (sulfide) groups is 1. The summed E-state index contributed by atoms with van der Waals surface area (Å²) in [5, 5.41) is 33.4. The van der Waals surface area contributed by atoms with E-state index in [4.69, 9.17) is 5.11 Å². The number of amides is 1. The molecule has 0 aromatic heterocycles. The van der Waals surface area contributed by atoms with E-state index in [1.165, 1.54) is 36.2 Å². The second-order valence-electron chi connectivity index (χ2n) is 4.92. The highest BCUT2D eigenvalue weighted by Crippen LogP contribution is 2.29. The number of phenols is 1. The van der Waals surface area contributed by atoms with Crippen LogP contribution >= 0.6 is 27.7 Å². The summed E-state index contributed by atoms with van der Waals surface area (Å²) >= 11 is 4.38. The zero-order valence-electron chi connectivity index (χ0n) is 13.3. The lowest BCUT2D eigenvalue weighted by Crippen LogP contribution is -2.17. The molecule has 1 amide bonds. The molecule has 0 bridgehead atoms. The Morgan fingerprint density at radius 2 is 2.12 bits per heavy atom. The van der Waals surface area contributed by atoms with Crippen LogP contribution in [0.4, 0.5) is 5.69 Å². The molecule has 2 aromatic rings. The van der Waals surface area contributed by atoms with Crippen molar-refractivity contribution in [2.75, 3.05) is 12.4 Å². The smallest absolute Gasteiger partial charge is 0.283 e. The van der Waals surface area contributed by atoms with Crippen molar-refractivity contribution in [3.05, 3.63) is 62.1 Å². The second-order valence-corrected chi connectivity index (χ2v) is 6.97. The van der Waals surface area contributed by atoms with E-state index in [9.17, 15) is 20.0 Å². The topological polar surface area (TPSA) is 125 Å². The molecule has 2 rings (SSSR count). The monoisotopic (exact) mass is 439 g/mol. The first-order chi connectivity index (χ1) is 12.4. The number of nitrogens with one attached hydrogen (secondary N) is 1. The number of hydrogen-bond acceptors (Lipinski definition) is 7. The quantitative estimate of drug-likeness (QED) is 0.263. The van der Waals surface area contributed by atoms with Gasteiger partial charge in [0.25, 0.3) is 11.6 Å². The molecule has 0 heterocycles. The van der Waals surface area contributed by atoms with Crippen molar-refractivity contribution < 1.29 is 19.9 Å². The largest absolute Gasteiger partial charge is 0.507 e. The number of benzene rings is 2. The fourth-order valence-corrected chi connectivity index (χ4v) is 3.07.